The molecule has 142 valence electrons. The monoisotopic (exact) mass is 360 g/mol. The summed E-state index contributed by atoms with van der Waals surface area (Å²) in [5.41, 5.74) is 0.816. The van der Waals surface area contributed by atoms with Crippen molar-refractivity contribution in [2.45, 2.75) is 50.7 Å². The topological polar surface area (TPSA) is 83.6 Å². The van der Waals surface area contributed by atoms with Gasteiger partial charge in [0.25, 0.3) is 0 Å². The van der Waals surface area contributed by atoms with Gasteiger partial charge in [-0.15, -0.1) is 0 Å². The first kappa shape index (κ1) is 18.8. The molecule has 0 unspecified atom stereocenters. The molecule has 2 fully saturated rings. The minimum atomic E-state index is -0.233. The van der Waals surface area contributed by atoms with Gasteiger partial charge in [-0.2, -0.15) is 0 Å². The lowest BCUT2D eigenvalue weighted by Crippen LogP contribution is -2.56. The summed E-state index contributed by atoms with van der Waals surface area (Å²) in [6.07, 6.45) is 6.78. The number of amides is 2. The van der Waals surface area contributed by atoms with Gasteiger partial charge in [-0.3, -0.25) is 19.5 Å². The maximum Gasteiger partial charge on any atom is 0.239 e. The molecule has 0 bridgehead atoms. The van der Waals surface area contributed by atoms with E-state index in [4.69, 9.17) is 4.74 Å². The van der Waals surface area contributed by atoms with Crippen LogP contribution in [0.1, 0.15) is 37.8 Å². The number of hydrogen-bond acceptors (Lipinski definition) is 5. The molecule has 2 amide bonds. The average molecular weight is 360 g/mol. The van der Waals surface area contributed by atoms with Crippen molar-refractivity contribution in [2.24, 2.45) is 0 Å². The van der Waals surface area contributed by atoms with Crippen LogP contribution in [0.3, 0.4) is 0 Å². The highest BCUT2D eigenvalue weighted by Gasteiger charge is 2.35. The Morgan fingerprint density at radius 3 is 2.85 bits per heavy atom. The van der Waals surface area contributed by atoms with Gasteiger partial charge in [0, 0.05) is 31.7 Å². The molecule has 1 atom stereocenters. The lowest BCUT2D eigenvalue weighted by Gasteiger charge is -2.38. The molecule has 0 spiro atoms. The summed E-state index contributed by atoms with van der Waals surface area (Å²) in [6, 6.07) is 5.85. The van der Waals surface area contributed by atoms with Crippen molar-refractivity contribution in [2.75, 3.05) is 26.3 Å². The highest BCUT2D eigenvalue weighted by Crippen LogP contribution is 2.26. The molecule has 2 N–H and O–H groups in total. The number of hydrogen-bond donors (Lipinski definition) is 2. The number of ether oxygens (including phenoxy) is 1. The van der Waals surface area contributed by atoms with Gasteiger partial charge in [-0.1, -0.05) is 18.9 Å². The maximum atomic E-state index is 12.6. The Labute approximate surface area is 154 Å². The van der Waals surface area contributed by atoms with Crippen LogP contribution in [0.4, 0.5) is 0 Å². The summed E-state index contributed by atoms with van der Waals surface area (Å²) in [5, 5.41) is 5.72. The fraction of sp³-hybridized carbons (Fsp3) is 0.632. The van der Waals surface area contributed by atoms with Crippen LogP contribution in [0.5, 0.6) is 0 Å². The predicted octanol–water partition coefficient (Wildman–Crippen LogP) is 0.848. The first-order chi connectivity index (χ1) is 12.7. The van der Waals surface area contributed by atoms with Crippen molar-refractivity contribution in [3.8, 4) is 0 Å². The number of nitrogens with zero attached hydrogens (tertiary/aromatic N) is 2. The van der Waals surface area contributed by atoms with Gasteiger partial charge in [0.2, 0.25) is 11.8 Å². The minimum absolute atomic E-state index is 0.0332. The fourth-order valence-corrected chi connectivity index (χ4v) is 3.71. The Bertz CT molecular complexity index is 590. The summed E-state index contributed by atoms with van der Waals surface area (Å²) in [6.45, 7) is 2.68. The fourth-order valence-electron chi connectivity index (χ4n) is 3.71. The molecule has 26 heavy (non-hydrogen) atoms. The van der Waals surface area contributed by atoms with Gasteiger partial charge < -0.3 is 15.4 Å². The van der Waals surface area contributed by atoms with E-state index in [9.17, 15) is 9.59 Å². The molecule has 7 nitrogen and oxygen atoms in total. The number of carbonyl (C=O) groups excluding carboxylic acids is 2. The third-order valence-corrected chi connectivity index (χ3v) is 5.11. The van der Waals surface area contributed by atoms with Crippen LogP contribution < -0.4 is 10.6 Å². The van der Waals surface area contributed by atoms with Crippen molar-refractivity contribution in [3.63, 3.8) is 0 Å². The molecule has 2 aliphatic rings. The lowest BCUT2D eigenvalue weighted by atomic mass is 10.1. The second-order valence-corrected chi connectivity index (χ2v) is 6.91. The SMILES string of the molecule is O=C(CCNC(=O)[C@H]1COCCN1C1CCCC1)NCc1ccccn1. The Morgan fingerprint density at radius 2 is 2.08 bits per heavy atom. The molecule has 1 aliphatic carbocycles. The van der Waals surface area contributed by atoms with E-state index in [0.29, 0.717) is 32.3 Å². The van der Waals surface area contributed by atoms with Crippen LogP contribution in [-0.2, 0) is 20.9 Å². The van der Waals surface area contributed by atoms with Crippen LogP contribution >= 0.6 is 0 Å². The zero-order valence-corrected chi connectivity index (χ0v) is 15.2. The molecular weight excluding hydrogens is 332 g/mol. The highest BCUT2D eigenvalue weighted by molar-refractivity contribution is 5.83. The van der Waals surface area contributed by atoms with Crippen LogP contribution in [0.2, 0.25) is 0 Å². The second-order valence-electron chi connectivity index (χ2n) is 6.91. The van der Waals surface area contributed by atoms with E-state index in [1.807, 2.05) is 18.2 Å². The Kier molecular flexibility index (Phi) is 6.96. The van der Waals surface area contributed by atoms with E-state index in [2.05, 4.69) is 20.5 Å². The van der Waals surface area contributed by atoms with E-state index in [1.165, 1.54) is 25.7 Å². The quantitative estimate of drug-likeness (QED) is 0.753. The van der Waals surface area contributed by atoms with E-state index < -0.39 is 0 Å². The standard InChI is InChI=1S/C19H28N4O3/c24-18(22-13-15-5-3-4-9-20-15)8-10-21-19(25)17-14-26-12-11-23(17)16-6-1-2-7-16/h3-5,9,16-17H,1-2,6-8,10-14H2,(H,21,25)(H,22,24)/t17-/m1/s1. The molecule has 7 heteroatoms. The van der Waals surface area contributed by atoms with Crippen molar-refractivity contribution >= 4 is 11.8 Å². The summed E-state index contributed by atoms with van der Waals surface area (Å²) >= 11 is 0. The molecule has 1 saturated heterocycles. The van der Waals surface area contributed by atoms with Gasteiger partial charge in [0.15, 0.2) is 0 Å². The number of carbonyl (C=O) groups is 2. The van der Waals surface area contributed by atoms with Gasteiger partial charge in [-0.05, 0) is 25.0 Å². The summed E-state index contributed by atoms with van der Waals surface area (Å²) in [4.78, 5) is 30.9. The molecular formula is C19H28N4O3. The Morgan fingerprint density at radius 1 is 1.23 bits per heavy atom. The molecule has 1 saturated carbocycles. The normalized spacial score (nSPS) is 21.5. The summed E-state index contributed by atoms with van der Waals surface area (Å²) < 4.78 is 5.52. The molecule has 1 aliphatic heterocycles. The van der Waals surface area contributed by atoms with Crippen LogP contribution in [0, 0.1) is 0 Å². The van der Waals surface area contributed by atoms with E-state index in [0.717, 1.165) is 12.2 Å². The minimum Gasteiger partial charge on any atom is -0.378 e. The first-order valence-electron chi connectivity index (χ1n) is 9.52. The summed E-state index contributed by atoms with van der Waals surface area (Å²) in [5.74, 6) is -0.127. The van der Waals surface area contributed by atoms with E-state index in [1.54, 1.807) is 6.20 Å². The zero-order valence-electron chi connectivity index (χ0n) is 15.2. The smallest absolute Gasteiger partial charge is 0.239 e. The molecule has 3 rings (SSSR count). The van der Waals surface area contributed by atoms with Gasteiger partial charge >= 0.3 is 0 Å². The van der Waals surface area contributed by atoms with Crippen molar-refractivity contribution < 1.29 is 14.3 Å². The highest BCUT2D eigenvalue weighted by atomic mass is 16.5. The second kappa shape index (κ2) is 9.64. The van der Waals surface area contributed by atoms with Gasteiger partial charge in [-0.25, -0.2) is 0 Å². The van der Waals surface area contributed by atoms with Gasteiger partial charge in [0.1, 0.15) is 6.04 Å². The number of pyridine rings is 1. The predicted molar refractivity (Wildman–Crippen MR) is 97.3 cm³/mol. The summed E-state index contributed by atoms with van der Waals surface area (Å²) in [7, 11) is 0. The molecule has 1 aromatic rings. The van der Waals surface area contributed by atoms with Crippen molar-refractivity contribution in [1.82, 2.24) is 20.5 Å². The van der Waals surface area contributed by atoms with Crippen LogP contribution in [-0.4, -0.2) is 60.1 Å². The Balaban J connectivity index is 1.39. The number of rotatable bonds is 7. The van der Waals surface area contributed by atoms with Gasteiger partial charge in [0.05, 0.1) is 25.5 Å². The van der Waals surface area contributed by atoms with E-state index in [-0.39, 0.29) is 24.3 Å². The largest absolute Gasteiger partial charge is 0.378 e. The maximum absolute atomic E-state index is 12.6. The van der Waals surface area contributed by atoms with Crippen LogP contribution in [0.15, 0.2) is 24.4 Å². The van der Waals surface area contributed by atoms with Crippen molar-refractivity contribution in [3.05, 3.63) is 30.1 Å². The molecule has 0 radical (unpaired) electrons. The first-order valence-corrected chi connectivity index (χ1v) is 9.52. The lowest BCUT2D eigenvalue weighted by molar-refractivity contribution is -0.134. The number of aromatic nitrogens is 1. The molecule has 1 aromatic heterocycles. The number of morpholine rings is 1. The average Bonchev–Trinajstić information content (AvgIpc) is 3.22. The Hall–Kier alpha value is -1.99. The number of nitrogens with one attached hydrogen (secondary N) is 2. The zero-order chi connectivity index (χ0) is 18.2. The van der Waals surface area contributed by atoms with Crippen LogP contribution in [0.25, 0.3) is 0 Å². The molecule has 0 aromatic carbocycles. The third-order valence-electron chi connectivity index (χ3n) is 5.11. The third kappa shape index (κ3) is 5.25. The van der Waals surface area contributed by atoms with Crippen molar-refractivity contribution in [1.29, 1.82) is 0 Å². The van der Waals surface area contributed by atoms with E-state index >= 15 is 0 Å². The molecule has 2 heterocycles.